The van der Waals surface area contributed by atoms with Gasteiger partial charge in [-0.1, -0.05) is 54.6 Å². The Balaban J connectivity index is 1.31. The first kappa shape index (κ1) is 19.8. The van der Waals surface area contributed by atoms with Crippen LogP contribution in [0.1, 0.15) is 40.7 Å². The van der Waals surface area contributed by atoms with Gasteiger partial charge in [0.25, 0.3) is 0 Å². The van der Waals surface area contributed by atoms with Crippen LogP contribution in [-0.4, -0.2) is 34.0 Å². The van der Waals surface area contributed by atoms with Crippen LogP contribution < -0.4 is 10.1 Å². The summed E-state index contributed by atoms with van der Waals surface area (Å²) in [6.45, 7) is 2.27. The van der Waals surface area contributed by atoms with Gasteiger partial charge in [-0.15, -0.1) is 0 Å². The molecule has 3 aromatic carbocycles. The molecule has 0 radical (unpaired) electrons. The minimum atomic E-state index is -1.41. The van der Waals surface area contributed by atoms with Crippen molar-refractivity contribution < 1.29 is 10.3 Å². The standard InChI is InChI=1S/C26H27N3O3/c30-24-16-23-25(22-15-20-9-5-4-8-19(20)14-21(22)24)29(31,32)26(27-23)10-12-28(13-11-26)17-18-6-2-1-3-7-18/h1-9,16,27,30-31H,10-15,17H2. The van der Waals surface area contributed by atoms with E-state index in [1.807, 2.05) is 30.3 Å². The maximum absolute atomic E-state index is 13.9. The molecule has 1 saturated heterocycles. The first-order chi connectivity index (χ1) is 15.5. The van der Waals surface area contributed by atoms with Gasteiger partial charge in [0.05, 0.1) is 0 Å². The van der Waals surface area contributed by atoms with E-state index in [4.69, 9.17) is 0 Å². The first-order valence-corrected chi connectivity index (χ1v) is 11.3. The molecule has 1 fully saturated rings. The lowest BCUT2D eigenvalue weighted by molar-refractivity contribution is -0.120. The van der Waals surface area contributed by atoms with Gasteiger partial charge < -0.3 is 15.6 Å². The molecule has 164 valence electrons. The van der Waals surface area contributed by atoms with Crippen LogP contribution in [-0.2, 0) is 19.4 Å². The van der Waals surface area contributed by atoms with Crippen LogP contribution >= 0.6 is 0 Å². The van der Waals surface area contributed by atoms with Crippen molar-refractivity contribution in [1.29, 1.82) is 0 Å². The van der Waals surface area contributed by atoms with Crippen molar-refractivity contribution in [3.63, 3.8) is 0 Å². The third-order valence-electron chi connectivity index (χ3n) is 7.53. The van der Waals surface area contributed by atoms with Gasteiger partial charge in [-0.2, -0.15) is 4.81 Å². The summed E-state index contributed by atoms with van der Waals surface area (Å²) in [4.78, 5) is 0.917. The van der Waals surface area contributed by atoms with Crippen LogP contribution in [0.15, 0.2) is 60.7 Å². The molecular weight excluding hydrogens is 402 g/mol. The molecule has 2 aliphatic heterocycles. The predicted molar refractivity (Wildman–Crippen MR) is 124 cm³/mol. The lowest BCUT2D eigenvalue weighted by Crippen LogP contribution is -2.65. The van der Waals surface area contributed by atoms with Crippen LogP contribution in [0, 0.1) is 5.21 Å². The molecule has 6 nitrogen and oxygen atoms in total. The minimum Gasteiger partial charge on any atom is -0.591 e. The molecule has 3 N–H and O–H groups in total. The minimum absolute atomic E-state index is 0.194. The van der Waals surface area contributed by atoms with Crippen LogP contribution in [0.5, 0.6) is 5.75 Å². The van der Waals surface area contributed by atoms with E-state index in [9.17, 15) is 15.5 Å². The third kappa shape index (κ3) is 2.88. The van der Waals surface area contributed by atoms with Gasteiger partial charge in [0.15, 0.2) is 5.69 Å². The molecule has 3 aromatic rings. The number of nitrogens with one attached hydrogen (secondary N) is 1. The molecule has 1 spiro atoms. The molecular formula is C26H27N3O3. The van der Waals surface area contributed by atoms with Crippen LogP contribution in [0.25, 0.3) is 0 Å². The monoisotopic (exact) mass is 429 g/mol. The van der Waals surface area contributed by atoms with Crippen LogP contribution in [0.4, 0.5) is 11.4 Å². The molecule has 32 heavy (non-hydrogen) atoms. The second-order valence-corrected chi connectivity index (χ2v) is 9.37. The third-order valence-corrected chi connectivity index (χ3v) is 7.53. The second kappa shape index (κ2) is 7.05. The van der Waals surface area contributed by atoms with Crippen molar-refractivity contribution in [2.24, 2.45) is 0 Å². The van der Waals surface area contributed by atoms with Crippen molar-refractivity contribution in [1.82, 2.24) is 9.71 Å². The Bertz CT molecular complexity index is 1180. The Kier molecular flexibility index (Phi) is 4.35. The molecule has 0 bridgehead atoms. The number of anilines is 1. The van der Waals surface area contributed by atoms with Gasteiger partial charge in [0.2, 0.25) is 5.66 Å². The smallest absolute Gasteiger partial charge is 0.209 e. The molecule has 1 aliphatic carbocycles. The number of likely N-dealkylation sites (tertiary alicyclic amines) is 1. The number of piperidine rings is 1. The number of phenols is 1. The molecule has 0 saturated carbocycles. The van der Waals surface area contributed by atoms with E-state index in [1.165, 1.54) is 5.56 Å². The van der Waals surface area contributed by atoms with Gasteiger partial charge in [-0.05, 0) is 16.7 Å². The van der Waals surface area contributed by atoms with Gasteiger partial charge in [0.1, 0.15) is 11.4 Å². The Morgan fingerprint density at radius 3 is 2.25 bits per heavy atom. The van der Waals surface area contributed by atoms with E-state index in [1.54, 1.807) is 6.07 Å². The van der Waals surface area contributed by atoms with Gasteiger partial charge in [0, 0.05) is 62.5 Å². The Labute approximate surface area is 187 Å². The number of hydroxylamine groups is 2. The van der Waals surface area contributed by atoms with Gasteiger partial charge in [-0.3, -0.25) is 4.90 Å². The van der Waals surface area contributed by atoms with Crippen LogP contribution in [0.3, 0.4) is 0 Å². The fourth-order valence-corrected chi connectivity index (χ4v) is 5.76. The molecule has 6 heteroatoms. The number of hydrogen-bond acceptors (Lipinski definition) is 5. The van der Waals surface area contributed by atoms with Gasteiger partial charge in [-0.25, -0.2) is 5.21 Å². The Hall–Kier alpha value is -2.90. The maximum atomic E-state index is 13.9. The quantitative estimate of drug-likeness (QED) is 0.323. The number of nitrogens with zero attached hydrogens (tertiary/aromatic N) is 2. The fraction of sp³-hybridized carbons (Fsp3) is 0.308. The average molecular weight is 430 g/mol. The highest BCUT2D eigenvalue weighted by Crippen LogP contribution is 2.54. The van der Waals surface area contributed by atoms with Crippen molar-refractivity contribution >= 4 is 11.4 Å². The summed E-state index contributed by atoms with van der Waals surface area (Å²) in [5.74, 6) is 0.194. The summed E-state index contributed by atoms with van der Waals surface area (Å²) in [7, 11) is 0. The molecule has 0 aromatic heterocycles. The predicted octanol–water partition coefficient (Wildman–Crippen LogP) is 4.50. The lowest BCUT2D eigenvalue weighted by Gasteiger charge is -2.48. The highest BCUT2D eigenvalue weighted by molar-refractivity contribution is 5.82. The van der Waals surface area contributed by atoms with E-state index in [2.05, 4.69) is 34.5 Å². The number of rotatable bonds is 2. The highest BCUT2D eigenvalue weighted by atomic mass is 16.8. The van der Waals surface area contributed by atoms with Gasteiger partial charge >= 0.3 is 0 Å². The largest absolute Gasteiger partial charge is 0.591 e. The van der Waals surface area contributed by atoms with Crippen LogP contribution in [0.2, 0.25) is 0 Å². The zero-order valence-electron chi connectivity index (χ0n) is 17.9. The Morgan fingerprint density at radius 2 is 1.56 bits per heavy atom. The second-order valence-electron chi connectivity index (χ2n) is 9.37. The lowest BCUT2D eigenvalue weighted by atomic mass is 9.84. The summed E-state index contributed by atoms with van der Waals surface area (Å²) in [6.07, 6.45) is 2.17. The van der Waals surface area contributed by atoms with E-state index in [0.717, 1.165) is 41.9 Å². The number of quaternary nitrogens is 1. The normalized spacial score (nSPS) is 23.3. The van der Waals surface area contributed by atoms with E-state index >= 15 is 0 Å². The molecule has 1 unspecified atom stereocenters. The van der Waals surface area contributed by atoms with Crippen molar-refractivity contribution in [3.8, 4) is 5.75 Å². The summed E-state index contributed by atoms with van der Waals surface area (Å²) in [5, 5.41) is 39.5. The number of benzene rings is 3. The van der Waals surface area contributed by atoms with E-state index in [-0.39, 0.29) is 5.75 Å². The molecule has 0 amide bonds. The topological polar surface area (TPSA) is 78.8 Å². The fourth-order valence-electron chi connectivity index (χ4n) is 5.76. The maximum Gasteiger partial charge on any atom is 0.209 e. The van der Waals surface area contributed by atoms with E-state index in [0.29, 0.717) is 37.1 Å². The average Bonchev–Trinajstić information content (AvgIpc) is 3.01. The zero-order valence-corrected chi connectivity index (χ0v) is 17.9. The van der Waals surface area contributed by atoms with Crippen molar-refractivity contribution in [2.75, 3.05) is 18.4 Å². The van der Waals surface area contributed by atoms with Crippen molar-refractivity contribution in [3.05, 3.63) is 93.7 Å². The first-order valence-electron chi connectivity index (χ1n) is 11.3. The number of hydrogen-bond donors (Lipinski definition) is 3. The summed E-state index contributed by atoms with van der Waals surface area (Å²) >= 11 is 0. The summed E-state index contributed by atoms with van der Waals surface area (Å²) < 4.78 is 0. The number of fused-ring (bicyclic) bond motifs is 4. The molecule has 1 atom stereocenters. The SMILES string of the molecule is [O-][N+]1(O)c2c(cc(O)c3c2Cc2ccccc2C3)NC12CCN(Cc1ccccc1)CC2. The molecule has 2 heterocycles. The number of phenolic OH excluding ortho intramolecular Hbond substituents is 1. The summed E-state index contributed by atoms with van der Waals surface area (Å²) in [5.41, 5.74) is 5.00. The Morgan fingerprint density at radius 1 is 0.938 bits per heavy atom. The molecule has 3 aliphatic rings. The van der Waals surface area contributed by atoms with E-state index < -0.39 is 10.5 Å². The summed E-state index contributed by atoms with van der Waals surface area (Å²) in [6, 6.07) is 20.1. The zero-order chi connectivity index (χ0) is 21.9. The molecule has 6 rings (SSSR count). The number of aromatic hydroxyl groups is 1. The van der Waals surface area contributed by atoms with Crippen molar-refractivity contribution in [2.45, 2.75) is 37.9 Å². The highest BCUT2D eigenvalue weighted by Gasteiger charge is 2.57.